The average molecular weight is 280 g/mol. The molecule has 1 aromatic heterocycles. The second-order valence-electron chi connectivity index (χ2n) is 5.90. The molecule has 1 aliphatic rings. The van der Waals surface area contributed by atoms with E-state index in [1.54, 1.807) is 27.0 Å². The molecule has 1 aromatic rings. The molecule has 0 spiro atoms. The molecular formula is C13H20N4O3. The molecule has 2 rings (SSSR count). The molecule has 1 aliphatic carbocycles. The first-order valence-electron chi connectivity index (χ1n) is 6.64. The van der Waals surface area contributed by atoms with Crippen LogP contribution in [-0.2, 0) is 16.1 Å². The summed E-state index contributed by atoms with van der Waals surface area (Å²) in [7, 11) is 0. The molecule has 1 heterocycles. The Hall–Kier alpha value is -2.05. The minimum Gasteiger partial charge on any atom is -0.444 e. The molecule has 0 saturated heterocycles. The first-order valence-corrected chi connectivity index (χ1v) is 6.64. The van der Waals surface area contributed by atoms with Crippen LogP contribution in [0.15, 0.2) is 12.4 Å². The first kappa shape index (κ1) is 14.4. The largest absolute Gasteiger partial charge is 0.444 e. The van der Waals surface area contributed by atoms with E-state index in [2.05, 4.69) is 15.7 Å². The fraction of sp³-hybridized carbons (Fsp3) is 0.615. The highest BCUT2D eigenvalue weighted by atomic mass is 16.6. The molecule has 0 radical (unpaired) electrons. The Morgan fingerprint density at radius 3 is 2.75 bits per heavy atom. The van der Waals surface area contributed by atoms with Crippen molar-refractivity contribution < 1.29 is 14.3 Å². The van der Waals surface area contributed by atoms with Gasteiger partial charge in [-0.2, -0.15) is 5.10 Å². The predicted octanol–water partition coefficient (Wildman–Crippen LogP) is 1.51. The SMILES string of the molecule is CC(C)(C)OC(=O)Nc1cnn(CC(=O)NC2CC2)c1. The van der Waals surface area contributed by atoms with Crippen LogP contribution in [0.4, 0.5) is 10.5 Å². The minimum absolute atomic E-state index is 0.0700. The summed E-state index contributed by atoms with van der Waals surface area (Å²) in [6.45, 7) is 5.52. The van der Waals surface area contributed by atoms with Gasteiger partial charge in [0.2, 0.25) is 5.91 Å². The Morgan fingerprint density at radius 2 is 2.15 bits per heavy atom. The van der Waals surface area contributed by atoms with Crippen molar-refractivity contribution in [2.45, 2.75) is 51.8 Å². The van der Waals surface area contributed by atoms with Crippen LogP contribution in [0, 0.1) is 0 Å². The summed E-state index contributed by atoms with van der Waals surface area (Å²) in [4.78, 5) is 23.2. The highest BCUT2D eigenvalue weighted by molar-refractivity contribution is 5.84. The number of hydrogen-bond donors (Lipinski definition) is 2. The van der Waals surface area contributed by atoms with E-state index >= 15 is 0 Å². The number of amides is 2. The Balaban J connectivity index is 1.82. The van der Waals surface area contributed by atoms with E-state index in [-0.39, 0.29) is 12.5 Å². The molecule has 2 N–H and O–H groups in total. The van der Waals surface area contributed by atoms with Crippen LogP contribution in [0.1, 0.15) is 33.6 Å². The van der Waals surface area contributed by atoms with Crippen molar-refractivity contribution in [2.24, 2.45) is 0 Å². The molecule has 0 aliphatic heterocycles. The van der Waals surface area contributed by atoms with E-state index in [1.807, 2.05) is 0 Å². The number of hydrogen-bond acceptors (Lipinski definition) is 4. The normalized spacial score (nSPS) is 14.8. The Labute approximate surface area is 117 Å². The average Bonchev–Trinajstić information content (AvgIpc) is 2.97. The number of carbonyl (C=O) groups excluding carboxylic acids is 2. The van der Waals surface area contributed by atoms with Crippen LogP contribution >= 0.6 is 0 Å². The zero-order valence-electron chi connectivity index (χ0n) is 12.0. The summed E-state index contributed by atoms with van der Waals surface area (Å²) in [5.41, 5.74) is -0.0528. The van der Waals surface area contributed by atoms with Gasteiger partial charge < -0.3 is 10.1 Å². The molecule has 7 heteroatoms. The standard InChI is InChI=1S/C13H20N4O3/c1-13(2,3)20-12(19)16-10-6-14-17(7-10)8-11(18)15-9-4-5-9/h6-7,9H,4-5,8H2,1-3H3,(H,15,18)(H,16,19). The minimum atomic E-state index is -0.551. The lowest BCUT2D eigenvalue weighted by Crippen LogP contribution is -2.29. The van der Waals surface area contributed by atoms with Gasteiger partial charge in [0.15, 0.2) is 0 Å². The number of anilines is 1. The summed E-state index contributed by atoms with van der Waals surface area (Å²) >= 11 is 0. The maximum atomic E-state index is 11.6. The van der Waals surface area contributed by atoms with E-state index in [1.165, 1.54) is 10.9 Å². The van der Waals surface area contributed by atoms with Gasteiger partial charge in [0.1, 0.15) is 12.1 Å². The van der Waals surface area contributed by atoms with Gasteiger partial charge in [-0.3, -0.25) is 14.8 Å². The molecule has 0 atom stereocenters. The van der Waals surface area contributed by atoms with Gasteiger partial charge in [-0.05, 0) is 33.6 Å². The van der Waals surface area contributed by atoms with Crippen molar-refractivity contribution in [1.29, 1.82) is 0 Å². The summed E-state index contributed by atoms with van der Waals surface area (Å²) in [6, 6.07) is 0.331. The molecule has 1 fully saturated rings. The number of ether oxygens (including phenoxy) is 1. The zero-order valence-corrected chi connectivity index (χ0v) is 12.0. The predicted molar refractivity (Wildman–Crippen MR) is 73.2 cm³/mol. The van der Waals surface area contributed by atoms with E-state index in [0.29, 0.717) is 11.7 Å². The van der Waals surface area contributed by atoms with Gasteiger partial charge in [0.05, 0.1) is 11.9 Å². The van der Waals surface area contributed by atoms with Crippen LogP contribution in [0.2, 0.25) is 0 Å². The number of rotatable bonds is 4. The molecule has 7 nitrogen and oxygen atoms in total. The van der Waals surface area contributed by atoms with Crippen molar-refractivity contribution in [3.05, 3.63) is 12.4 Å². The van der Waals surface area contributed by atoms with Gasteiger partial charge >= 0.3 is 6.09 Å². The van der Waals surface area contributed by atoms with E-state index in [0.717, 1.165) is 12.8 Å². The first-order chi connectivity index (χ1) is 9.32. The number of nitrogens with one attached hydrogen (secondary N) is 2. The Bertz CT molecular complexity index is 500. The Morgan fingerprint density at radius 1 is 1.45 bits per heavy atom. The molecule has 0 aromatic carbocycles. The van der Waals surface area contributed by atoms with E-state index < -0.39 is 11.7 Å². The summed E-state index contributed by atoms with van der Waals surface area (Å²) in [6.07, 6.45) is 4.64. The van der Waals surface area contributed by atoms with Crippen LogP contribution in [0.3, 0.4) is 0 Å². The molecule has 2 amide bonds. The number of nitrogens with zero attached hydrogens (tertiary/aromatic N) is 2. The molecule has 20 heavy (non-hydrogen) atoms. The van der Waals surface area contributed by atoms with Gasteiger partial charge in [-0.25, -0.2) is 4.79 Å². The summed E-state index contributed by atoms with van der Waals surface area (Å²) in [5.74, 6) is -0.0700. The second-order valence-corrected chi connectivity index (χ2v) is 5.90. The van der Waals surface area contributed by atoms with Crippen molar-refractivity contribution in [2.75, 3.05) is 5.32 Å². The monoisotopic (exact) mass is 280 g/mol. The lowest BCUT2D eigenvalue weighted by atomic mass is 10.2. The Kier molecular flexibility index (Phi) is 3.96. The number of aromatic nitrogens is 2. The summed E-state index contributed by atoms with van der Waals surface area (Å²) in [5, 5.41) is 9.46. The third-order valence-corrected chi connectivity index (χ3v) is 2.53. The van der Waals surface area contributed by atoms with Gasteiger partial charge in [-0.15, -0.1) is 0 Å². The van der Waals surface area contributed by atoms with Gasteiger partial charge in [0.25, 0.3) is 0 Å². The molecule has 0 unspecified atom stereocenters. The van der Waals surface area contributed by atoms with Crippen molar-refractivity contribution in [3.63, 3.8) is 0 Å². The smallest absolute Gasteiger partial charge is 0.412 e. The van der Waals surface area contributed by atoms with Crippen LogP contribution in [0.25, 0.3) is 0 Å². The quantitative estimate of drug-likeness (QED) is 0.875. The lowest BCUT2D eigenvalue weighted by molar-refractivity contribution is -0.122. The van der Waals surface area contributed by atoms with Gasteiger partial charge in [-0.1, -0.05) is 0 Å². The third-order valence-electron chi connectivity index (χ3n) is 2.53. The van der Waals surface area contributed by atoms with Crippen molar-refractivity contribution >= 4 is 17.7 Å². The fourth-order valence-corrected chi connectivity index (χ4v) is 1.58. The highest BCUT2D eigenvalue weighted by Crippen LogP contribution is 2.18. The van der Waals surface area contributed by atoms with E-state index in [9.17, 15) is 9.59 Å². The summed E-state index contributed by atoms with van der Waals surface area (Å²) < 4.78 is 6.60. The molecule has 0 bridgehead atoms. The van der Waals surface area contributed by atoms with Crippen LogP contribution in [0.5, 0.6) is 0 Å². The lowest BCUT2D eigenvalue weighted by Gasteiger charge is -2.19. The van der Waals surface area contributed by atoms with Crippen LogP contribution < -0.4 is 10.6 Å². The molecule has 110 valence electrons. The topological polar surface area (TPSA) is 85.2 Å². The number of carbonyl (C=O) groups is 2. The third kappa shape index (κ3) is 4.91. The fourth-order valence-electron chi connectivity index (χ4n) is 1.58. The molecule has 1 saturated carbocycles. The van der Waals surface area contributed by atoms with Crippen molar-refractivity contribution in [3.8, 4) is 0 Å². The van der Waals surface area contributed by atoms with Crippen molar-refractivity contribution in [1.82, 2.24) is 15.1 Å². The second kappa shape index (κ2) is 5.52. The van der Waals surface area contributed by atoms with E-state index in [4.69, 9.17) is 4.74 Å². The highest BCUT2D eigenvalue weighted by Gasteiger charge is 2.23. The maximum absolute atomic E-state index is 11.6. The van der Waals surface area contributed by atoms with Crippen LogP contribution in [-0.4, -0.2) is 33.4 Å². The maximum Gasteiger partial charge on any atom is 0.412 e. The molecular weight excluding hydrogens is 260 g/mol. The van der Waals surface area contributed by atoms with Gasteiger partial charge in [0, 0.05) is 12.2 Å². The zero-order chi connectivity index (χ0) is 14.8.